The van der Waals surface area contributed by atoms with Crippen molar-refractivity contribution in [2.24, 2.45) is 0 Å². The van der Waals surface area contributed by atoms with E-state index in [9.17, 15) is 9.59 Å². The summed E-state index contributed by atoms with van der Waals surface area (Å²) in [6, 6.07) is 0.930. The van der Waals surface area contributed by atoms with E-state index in [1.54, 1.807) is 9.80 Å². The molecule has 0 atom stereocenters. The van der Waals surface area contributed by atoms with E-state index < -0.39 is 0 Å². The maximum atomic E-state index is 11.6. The Morgan fingerprint density at radius 2 is 0.955 bits per heavy atom. The zero-order valence-electron chi connectivity index (χ0n) is 16.0. The van der Waals surface area contributed by atoms with E-state index >= 15 is 0 Å². The van der Waals surface area contributed by atoms with E-state index in [1.807, 2.05) is 69.5 Å². The molecular formula is C16H36N4O2. The molecule has 0 heterocycles. The average molecular weight is 316 g/mol. The summed E-state index contributed by atoms with van der Waals surface area (Å²) < 4.78 is 0. The SMILES string of the molecule is CC(C)N(C)C(=O)N(C)C(C)C.CC(C)NC(=O)NC(C)C. The molecule has 0 fully saturated rings. The summed E-state index contributed by atoms with van der Waals surface area (Å²) in [6.45, 7) is 15.7. The highest BCUT2D eigenvalue weighted by Crippen LogP contribution is 2.02. The molecule has 0 aromatic heterocycles. The van der Waals surface area contributed by atoms with Crippen molar-refractivity contribution in [1.29, 1.82) is 0 Å². The Kier molecular flexibility index (Phi) is 11.6. The molecule has 0 saturated carbocycles. The fourth-order valence-electron chi connectivity index (χ4n) is 1.26. The van der Waals surface area contributed by atoms with Crippen LogP contribution in [0.5, 0.6) is 0 Å². The zero-order valence-corrected chi connectivity index (χ0v) is 16.0. The van der Waals surface area contributed by atoms with Crippen molar-refractivity contribution < 1.29 is 9.59 Å². The van der Waals surface area contributed by atoms with Gasteiger partial charge >= 0.3 is 12.1 Å². The number of nitrogens with one attached hydrogen (secondary N) is 2. The van der Waals surface area contributed by atoms with Crippen LogP contribution in [0.1, 0.15) is 55.4 Å². The van der Waals surface area contributed by atoms with Gasteiger partial charge in [-0.2, -0.15) is 0 Å². The Hall–Kier alpha value is -1.46. The summed E-state index contributed by atoms with van der Waals surface area (Å²) in [5.41, 5.74) is 0. The number of hydrogen-bond donors (Lipinski definition) is 2. The van der Waals surface area contributed by atoms with Gasteiger partial charge in [-0.15, -0.1) is 0 Å². The molecule has 0 radical (unpaired) electrons. The lowest BCUT2D eigenvalue weighted by atomic mass is 10.3. The van der Waals surface area contributed by atoms with Crippen molar-refractivity contribution in [3.63, 3.8) is 0 Å². The van der Waals surface area contributed by atoms with Crippen molar-refractivity contribution in [2.45, 2.75) is 79.6 Å². The van der Waals surface area contributed by atoms with Crippen molar-refractivity contribution in [2.75, 3.05) is 14.1 Å². The molecule has 6 nitrogen and oxygen atoms in total. The molecule has 0 rings (SSSR count). The predicted octanol–water partition coefficient (Wildman–Crippen LogP) is 2.89. The topological polar surface area (TPSA) is 64.7 Å². The van der Waals surface area contributed by atoms with E-state index in [0.717, 1.165) is 0 Å². The van der Waals surface area contributed by atoms with Gasteiger partial charge in [0.15, 0.2) is 0 Å². The first-order valence-corrected chi connectivity index (χ1v) is 7.96. The molecule has 0 aliphatic heterocycles. The van der Waals surface area contributed by atoms with Gasteiger partial charge in [0.05, 0.1) is 0 Å². The number of nitrogens with zero attached hydrogens (tertiary/aromatic N) is 2. The molecule has 22 heavy (non-hydrogen) atoms. The van der Waals surface area contributed by atoms with Gasteiger partial charge in [-0.1, -0.05) is 0 Å². The van der Waals surface area contributed by atoms with Crippen LogP contribution in [-0.4, -0.2) is 60.1 Å². The van der Waals surface area contributed by atoms with Crippen LogP contribution in [0.15, 0.2) is 0 Å². The number of rotatable bonds is 4. The monoisotopic (exact) mass is 316 g/mol. The molecule has 6 heteroatoms. The number of amides is 4. The standard InChI is InChI=1S/C9H20N2O.C7H16N2O/c1-7(2)10(5)9(12)11(6)8(3)4;1-5(2)8-7(10)9-6(3)4/h7-8H,1-6H3;5-6H,1-4H3,(H2,8,9,10). The van der Waals surface area contributed by atoms with Crippen molar-refractivity contribution >= 4 is 12.1 Å². The van der Waals surface area contributed by atoms with Crippen molar-refractivity contribution in [1.82, 2.24) is 20.4 Å². The van der Waals surface area contributed by atoms with E-state index in [1.165, 1.54) is 0 Å². The quantitative estimate of drug-likeness (QED) is 0.837. The average Bonchev–Trinajstić information content (AvgIpc) is 2.34. The van der Waals surface area contributed by atoms with Crippen LogP contribution in [0, 0.1) is 0 Å². The van der Waals surface area contributed by atoms with Gasteiger partial charge in [0.2, 0.25) is 0 Å². The molecule has 0 aliphatic carbocycles. The Morgan fingerprint density at radius 1 is 0.682 bits per heavy atom. The summed E-state index contributed by atoms with van der Waals surface area (Å²) in [5, 5.41) is 5.45. The minimum absolute atomic E-state index is 0.0833. The summed E-state index contributed by atoms with van der Waals surface area (Å²) >= 11 is 0. The fraction of sp³-hybridized carbons (Fsp3) is 0.875. The molecule has 2 N–H and O–H groups in total. The van der Waals surface area contributed by atoms with Gasteiger partial charge in [-0.3, -0.25) is 0 Å². The fourth-order valence-corrected chi connectivity index (χ4v) is 1.26. The van der Waals surface area contributed by atoms with E-state index in [2.05, 4.69) is 10.6 Å². The summed E-state index contributed by atoms with van der Waals surface area (Å²) in [7, 11) is 3.65. The smallest absolute Gasteiger partial charge is 0.319 e. The van der Waals surface area contributed by atoms with E-state index in [4.69, 9.17) is 0 Å². The summed E-state index contributed by atoms with van der Waals surface area (Å²) in [4.78, 5) is 25.9. The second-order valence-electron chi connectivity index (χ2n) is 6.62. The lowest BCUT2D eigenvalue weighted by Crippen LogP contribution is -2.45. The van der Waals surface area contributed by atoms with E-state index in [0.29, 0.717) is 0 Å². The Labute approximate surface area is 136 Å². The molecule has 0 bridgehead atoms. The Morgan fingerprint density at radius 3 is 1.14 bits per heavy atom. The molecule has 0 unspecified atom stereocenters. The van der Waals surface area contributed by atoms with Gasteiger partial charge < -0.3 is 20.4 Å². The van der Waals surface area contributed by atoms with Gasteiger partial charge in [-0.25, -0.2) is 9.59 Å². The third kappa shape index (κ3) is 11.2. The predicted molar refractivity (Wildman–Crippen MR) is 93.1 cm³/mol. The second-order valence-corrected chi connectivity index (χ2v) is 6.62. The van der Waals surface area contributed by atoms with Crippen LogP contribution in [0.4, 0.5) is 9.59 Å². The van der Waals surface area contributed by atoms with Crippen LogP contribution < -0.4 is 10.6 Å². The lowest BCUT2D eigenvalue weighted by Gasteiger charge is -2.30. The van der Waals surface area contributed by atoms with Crippen LogP contribution in [0.25, 0.3) is 0 Å². The number of carbonyl (C=O) groups is 2. The first-order valence-electron chi connectivity index (χ1n) is 7.96. The Balaban J connectivity index is 0. The number of carbonyl (C=O) groups excluding carboxylic acids is 2. The van der Waals surface area contributed by atoms with Crippen LogP contribution >= 0.6 is 0 Å². The molecule has 0 aromatic carbocycles. The third-order valence-corrected chi connectivity index (χ3v) is 2.99. The molecule has 0 aromatic rings. The molecular weight excluding hydrogens is 280 g/mol. The molecule has 4 amide bonds. The maximum Gasteiger partial charge on any atom is 0.319 e. The van der Waals surface area contributed by atoms with Crippen LogP contribution in [0.3, 0.4) is 0 Å². The summed E-state index contributed by atoms with van der Waals surface area (Å²) in [6.07, 6.45) is 0. The van der Waals surface area contributed by atoms with Gasteiger partial charge in [0, 0.05) is 38.3 Å². The normalized spacial score (nSPS) is 10.5. The lowest BCUT2D eigenvalue weighted by molar-refractivity contribution is 0.152. The second kappa shape index (κ2) is 11.2. The largest absolute Gasteiger partial charge is 0.336 e. The highest BCUT2D eigenvalue weighted by molar-refractivity contribution is 5.74. The van der Waals surface area contributed by atoms with Gasteiger partial charge in [0.1, 0.15) is 0 Å². The minimum Gasteiger partial charge on any atom is -0.336 e. The molecule has 132 valence electrons. The van der Waals surface area contributed by atoms with Crippen LogP contribution in [-0.2, 0) is 0 Å². The van der Waals surface area contributed by atoms with Crippen molar-refractivity contribution in [3.8, 4) is 0 Å². The zero-order chi connectivity index (χ0) is 18.0. The molecule has 0 spiro atoms. The number of hydrogen-bond acceptors (Lipinski definition) is 2. The highest BCUT2D eigenvalue weighted by atomic mass is 16.2. The first kappa shape index (κ1) is 22.8. The maximum absolute atomic E-state index is 11.6. The van der Waals surface area contributed by atoms with Gasteiger partial charge in [-0.05, 0) is 55.4 Å². The minimum atomic E-state index is -0.0926. The van der Waals surface area contributed by atoms with Crippen LogP contribution in [0.2, 0.25) is 0 Å². The van der Waals surface area contributed by atoms with Gasteiger partial charge in [0.25, 0.3) is 0 Å². The molecule has 0 aliphatic rings. The third-order valence-electron chi connectivity index (χ3n) is 2.99. The summed E-state index contributed by atoms with van der Waals surface area (Å²) in [5.74, 6) is 0. The van der Waals surface area contributed by atoms with Crippen molar-refractivity contribution in [3.05, 3.63) is 0 Å². The number of urea groups is 2. The first-order chi connectivity index (χ1) is 9.89. The Bertz CT molecular complexity index is 300. The van der Waals surface area contributed by atoms with E-state index in [-0.39, 0.29) is 36.2 Å². The molecule has 0 saturated heterocycles. The highest BCUT2D eigenvalue weighted by Gasteiger charge is 2.17.